The van der Waals surface area contributed by atoms with E-state index in [1.165, 1.54) is 24.3 Å². The second-order valence-electron chi connectivity index (χ2n) is 5.66. The van der Waals surface area contributed by atoms with E-state index in [2.05, 4.69) is 20.7 Å². The lowest BCUT2D eigenvalue weighted by Gasteiger charge is -2.13. The third kappa shape index (κ3) is 5.73. The van der Waals surface area contributed by atoms with Crippen LogP contribution < -0.4 is 20.7 Å². The van der Waals surface area contributed by atoms with Gasteiger partial charge in [0.05, 0.1) is 11.3 Å². The molecule has 0 aliphatic heterocycles. The molecule has 2 aromatic rings. The number of urea groups is 1. The van der Waals surface area contributed by atoms with Crippen LogP contribution in [0.4, 0.5) is 25.0 Å². The van der Waals surface area contributed by atoms with Crippen LogP contribution in [0.25, 0.3) is 0 Å². The zero-order valence-electron chi connectivity index (χ0n) is 14.3. The summed E-state index contributed by atoms with van der Waals surface area (Å²) in [4.78, 5) is 24.3. The van der Waals surface area contributed by atoms with Gasteiger partial charge in [-0.3, -0.25) is 4.79 Å². The van der Waals surface area contributed by atoms with Gasteiger partial charge in [0.25, 0.3) is 5.91 Å². The van der Waals surface area contributed by atoms with Crippen molar-refractivity contribution < 1.29 is 23.1 Å². The Bertz CT molecular complexity index is 765. The molecule has 0 fully saturated rings. The van der Waals surface area contributed by atoms with E-state index >= 15 is 0 Å². The van der Waals surface area contributed by atoms with Crippen LogP contribution in [-0.2, 0) is 0 Å². The summed E-state index contributed by atoms with van der Waals surface area (Å²) >= 11 is 0. The van der Waals surface area contributed by atoms with Gasteiger partial charge < -0.3 is 20.7 Å². The number of carbonyl (C=O) groups is 2. The minimum Gasteiger partial charge on any atom is -0.435 e. The molecule has 0 radical (unpaired) electrons. The van der Waals surface area contributed by atoms with E-state index in [0.717, 1.165) is 0 Å². The van der Waals surface area contributed by atoms with E-state index in [1.807, 2.05) is 13.8 Å². The highest BCUT2D eigenvalue weighted by Crippen LogP contribution is 2.20. The standard InChI is InChI=1S/C18H19F2N3O3/c1-11(2)21-18(25)23-15-6-4-3-5-14(15)16(24)22-12-7-9-13(10-8-12)26-17(19)20/h3-11,17H,1-2H3,(H,22,24)(H2,21,23,25). The Morgan fingerprint density at radius 3 is 2.23 bits per heavy atom. The Hall–Kier alpha value is -3.16. The maximum absolute atomic E-state index is 12.5. The first-order valence-electron chi connectivity index (χ1n) is 7.88. The van der Waals surface area contributed by atoms with Gasteiger partial charge in [-0.25, -0.2) is 4.79 Å². The molecule has 26 heavy (non-hydrogen) atoms. The van der Waals surface area contributed by atoms with Gasteiger partial charge in [-0.2, -0.15) is 8.78 Å². The molecule has 3 amide bonds. The first kappa shape index (κ1) is 19.2. The fourth-order valence-electron chi connectivity index (χ4n) is 2.13. The van der Waals surface area contributed by atoms with Crippen LogP contribution in [0.3, 0.4) is 0 Å². The highest BCUT2D eigenvalue weighted by Gasteiger charge is 2.14. The van der Waals surface area contributed by atoms with Gasteiger partial charge in [-0.15, -0.1) is 0 Å². The van der Waals surface area contributed by atoms with Crippen LogP contribution in [-0.4, -0.2) is 24.6 Å². The molecule has 0 saturated heterocycles. The van der Waals surface area contributed by atoms with Crippen molar-refractivity contribution in [1.29, 1.82) is 0 Å². The van der Waals surface area contributed by atoms with Crippen LogP contribution in [0.15, 0.2) is 48.5 Å². The fourth-order valence-corrected chi connectivity index (χ4v) is 2.13. The zero-order valence-corrected chi connectivity index (χ0v) is 14.3. The highest BCUT2D eigenvalue weighted by molar-refractivity contribution is 6.09. The molecule has 0 spiro atoms. The van der Waals surface area contributed by atoms with Crippen molar-refractivity contribution in [3.8, 4) is 5.75 Å². The highest BCUT2D eigenvalue weighted by atomic mass is 19.3. The molecule has 0 saturated carbocycles. The molecule has 2 aromatic carbocycles. The van der Waals surface area contributed by atoms with Crippen LogP contribution in [0.2, 0.25) is 0 Å². The van der Waals surface area contributed by atoms with Gasteiger partial charge in [0.1, 0.15) is 5.75 Å². The second-order valence-corrected chi connectivity index (χ2v) is 5.66. The Kier molecular flexibility index (Phi) is 6.48. The number of hydrogen-bond acceptors (Lipinski definition) is 3. The lowest BCUT2D eigenvalue weighted by atomic mass is 10.1. The van der Waals surface area contributed by atoms with Gasteiger partial charge in [0, 0.05) is 11.7 Å². The first-order chi connectivity index (χ1) is 12.3. The van der Waals surface area contributed by atoms with Crippen molar-refractivity contribution in [3.63, 3.8) is 0 Å². The Labute approximate surface area is 149 Å². The number of ether oxygens (including phenoxy) is 1. The SMILES string of the molecule is CC(C)NC(=O)Nc1ccccc1C(=O)Nc1ccc(OC(F)F)cc1. The van der Waals surface area contributed by atoms with Crippen LogP contribution in [0, 0.1) is 0 Å². The van der Waals surface area contributed by atoms with Crippen molar-refractivity contribution in [2.45, 2.75) is 26.5 Å². The molecule has 6 nitrogen and oxygen atoms in total. The Balaban J connectivity index is 2.08. The molecule has 0 bridgehead atoms. The van der Waals surface area contributed by atoms with Gasteiger partial charge in [-0.1, -0.05) is 12.1 Å². The lowest BCUT2D eigenvalue weighted by molar-refractivity contribution is -0.0498. The number of halogens is 2. The molecule has 0 aromatic heterocycles. The van der Waals surface area contributed by atoms with Gasteiger partial charge in [-0.05, 0) is 50.2 Å². The average Bonchev–Trinajstić information content (AvgIpc) is 2.55. The summed E-state index contributed by atoms with van der Waals surface area (Å²) in [5.41, 5.74) is 1.01. The summed E-state index contributed by atoms with van der Waals surface area (Å²) in [6.45, 7) is 0.726. The van der Waals surface area contributed by atoms with Crippen molar-refractivity contribution in [3.05, 3.63) is 54.1 Å². The van der Waals surface area contributed by atoms with Gasteiger partial charge in [0.15, 0.2) is 0 Å². The summed E-state index contributed by atoms with van der Waals surface area (Å²) in [6, 6.07) is 11.6. The second kappa shape index (κ2) is 8.80. The molecule has 138 valence electrons. The number of alkyl halides is 2. The van der Waals surface area contributed by atoms with Crippen molar-refractivity contribution in [2.24, 2.45) is 0 Å². The van der Waals surface area contributed by atoms with Crippen LogP contribution in [0.1, 0.15) is 24.2 Å². The molecule has 8 heteroatoms. The zero-order chi connectivity index (χ0) is 19.1. The number of hydrogen-bond donors (Lipinski definition) is 3. The quantitative estimate of drug-likeness (QED) is 0.724. The Morgan fingerprint density at radius 1 is 0.962 bits per heavy atom. The van der Waals surface area contributed by atoms with Crippen LogP contribution in [0.5, 0.6) is 5.75 Å². The fraction of sp³-hybridized carbons (Fsp3) is 0.222. The average molecular weight is 363 g/mol. The predicted octanol–water partition coefficient (Wildman–Crippen LogP) is 4.07. The number of benzene rings is 2. The van der Waals surface area contributed by atoms with E-state index in [4.69, 9.17) is 0 Å². The predicted molar refractivity (Wildman–Crippen MR) is 94.8 cm³/mol. The first-order valence-corrected chi connectivity index (χ1v) is 7.88. The number of carbonyl (C=O) groups excluding carboxylic acids is 2. The minimum absolute atomic E-state index is 0.00887. The molecule has 3 N–H and O–H groups in total. The number of anilines is 2. The normalized spacial score (nSPS) is 10.5. The number of nitrogens with one attached hydrogen (secondary N) is 3. The molecule has 0 aliphatic rings. The molecular formula is C18H19F2N3O3. The van der Waals surface area contributed by atoms with Crippen LogP contribution >= 0.6 is 0 Å². The monoisotopic (exact) mass is 363 g/mol. The molecule has 0 unspecified atom stereocenters. The van der Waals surface area contributed by atoms with E-state index in [9.17, 15) is 18.4 Å². The topological polar surface area (TPSA) is 79.5 Å². The largest absolute Gasteiger partial charge is 0.435 e. The molecule has 0 atom stereocenters. The number of para-hydroxylation sites is 1. The van der Waals surface area contributed by atoms with E-state index < -0.39 is 18.5 Å². The number of amides is 3. The van der Waals surface area contributed by atoms with Crippen molar-refractivity contribution in [1.82, 2.24) is 5.32 Å². The summed E-state index contributed by atoms with van der Waals surface area (Å²) in [5.74, 6) is -0.460. The molecule has 2 rings (SSSR count). The molecule has 0 aliphatic carbocycles. The van der Waals surface area contributed by atoms with Crippen molar-refractivity contribution >= 4 is 23.3 Å². The number of rotatable bonds is 6. The minimum atomic E-state index is -2.91. The third-order valence-electron chi connectivity index (χ3n) is 3.18. The molecule has 0 heterocycles. The van der Waals surface area contributed by atoms with Gasteiger partial charge >= 0.3 is 12.6 Å². The summed E-state index contributed by atoms with van der Waals surface area (Å²) in [5, 5.41) is 7.94. The van der Waals surface area contributed by atoms with Crippen molar-refractivity contribution in [2.75, 3.05) is 10.6 Å². The summed E-state index contributed by atoms with van der Waals surface area (Å²) in [7, 11) is 0. The maximum atomic E-state index is 12.5. The maximum Gasteiger partial charge on any atom is 0.387 e. The Morgan fingerprint density at radius 2 is 1.62 bits per heavy atom. The third-order valence-corrected chi connectivity index (χ3v) is 3.18. The lowest BCUT2D eigenvalue weighted by Crippen LogP contribution is -2.34. The van der Waals surface area contributed by atoms with E-state index in [0.29, 0.717) is 11.4 Å². The molecular weight excluding hydrogens is 344 g/mol. The summed E-state index contributed by atoms with van der Waals surface area (Å²) in [6.07, 6.45) is 0. The van der Waals surface area contributed by atoms with Gasteiger partial charge in [0.2, 0.25) is 0 Å². The van der Waals surface area contributed by atoms with E-state index in [1.54, 1.807) is 24.3 Å². The van der Waals surface area contributed by atoms with E-state index in [-0.39, 0.29) is 17.4 Å². The smallest absolute Gasteiger partial charge is 0.387 e. The summed E-state index contributed by atoms with van der Waals surface area (Å²) < 4.78 is 28.6.